The Balaban J connectivity index is 2.16. The van der Waals surface area contributed by atoms with Crippen molar-refractivity contribution >= 4 is 34.8 Å². The van der Waals surface area contributed by atoms with Crippen LogP contribution >= 0.6 is 0 Å². The van der Waals surface area contributed by atoms with Gasteiger partial charge in [0.2, 0.25) is 0 Å². The van der Waals surface area contributed by atoms with Crippen molar-refractivity contribution < 1.29 is 19.3 Å². The molecule has 4 N–H and O–H groups in total. The van der Waals surface area contributed by atoms with Gasteiger partial charge in [0.05, 0.1) is 16.2 Å². The van der Waals surface area contributed by atoms with Crippen molar-refractivity contribution in [3.8, 4) is 0 Å². The van der Waals surface area contributed by atoms with Gasteiger partial charge in [-0.3, -0.25) is 24.5 Å². The minimum atomic E-state index is -1.12. The maximum absolute atomic E-state index is 11.9. The van der Waals surface area contributed by atoms with E-state index in [1.54, 1.807) is 12.1 Å². The second-order valence-electron chi connectivity index (χ2n) is 4.59. The fourth-order valence-electron chi connectivity index (χ4n) is 1.90. The molecule has 0 saturated heterocycles. The van der Waals surface area contributed by atoms with Crippen LogP contribution in [0, 0.1) is 10.1 Å². The number of nitrogens with two attached hydrogens (primary N) is 1. The molecule has 9 nitrogen and oxygen atoms in total. The number of hydrogen-bond donors (Lipinski definition) is 3. The van der Waals surface area contributed by atoms with Crippen LogP contribution in [-0.2, 0) is 9.59 Å². The second kappa shape index (κ2) is 7.01. The van der Waals surface area contributed by atoms with E-state index in [2.05, 4.69) is 10.6 Å². The van der Waals surface area contributed by atoms with Crippen LogP contribution in [0.1, 0.15) is 10.4 Å². The third-order valence-corrected chi connectivity index (χ3v) is 3.00. The van der Waals surface area contributed by atoms with Gasteiger partial charge in [0, 0.05) is 6.07 Å². The number of nitrogens with zero attached hydrogens (tertiary/aromatic N) is 1. The van der Waals surface area contributed by atoms with Crippen LogP contribution in [-0.4, -0.2) is 22.6 Å². The molecule has 122 valence electrons. The van der Waals surface area contributed by atoms with Gasteiger partial charge in [0.1, 0.15) is 5.69 Å². The van der Waals surface area contributed by atoms with Crippen LogP contribution in [0.25, 0.3) is 0 Å². The molecule has 0 aliphatic heterocycles. The van der Waals surface area contributed by atoms with E-state index in [1.165, 1.54) is 36.4 Å². The van der Waals surface area contributed by atoms with Crippen molar-refractivity contribution in [2.75, 3.05) is 10.6 Å². The minimum absolute atomic E-state index is 0.0318. The molecule has 0 heterocycles. The summed E-state index contributed by atoms with van der Waals surface area (Å²) in [6, 6.07) is 11.3. The maximum Gasteiger partial charge on any atom is 0.314 e. The fourth-order valence-corrected chi connectivity index (χ4v) is 1.90. The van der Waals surface area contributed by atoms with Gasteiger partial charge in [0.15, 0.2) is 0 Å². The Hall–Kier alpha value is -3.75. The van der Waals surface area contributed by atoms with E-state index in [-0.39, 0.29) is 22.6 Å². The number of nitrogens with one attached hydrogen (secondary N) is 2. The van der Waals surface area contributed by atoms with E-state index in [0.717, 1.165) is 0 Å². The van der Waals surface area contributed by atoms with Crippen LogP contribution in [0.4, 0.5) is 17.1 Å². The zero-order valence-electron chi connectivity index (χ0n) is 12.2. The summed E-state index contributed by atoms with van der Waals surface area (Å²) in [4.78, 5) is 45.3. The molecule has 0 atom stereocenters. The zero-order chi connectivity index (χ0) is 17.7. The predicted molar refractivity (Wildman–Crippen MR) is 85.3 cm³/mol. The quantitative estimate of drug-likeness (QED) is 0.439. The number of nitro benzene ring substituents is 1. The van der Waals surface area contributed by atoms with Gasteiger partial charge in [-0.1, -0.05) is 24.3 Å². The van der Waals surface area contributed by atoms with E-state index in [4.69, 9.17) is 5.73 Å². The third kappa shape index (κ3) is 3.71. The number of para-hydroxylation sites is 3. The Morgan fingerprint density at radius 1 is 0.875 bits per heavy atom. The summed E-state index contributed by atoms with van der Waals surface area (Å²) in [5, 5.41) is 15.3. The first kappa shape index (κ1) is 16.6. The molecule has 0 spiro atoms. The van der Waals surface area contributed by atoms with Gasteiger partial charge < -0.3 is 16.4 Å². The first-order valence-corrected chi connectivity index (χ1v) is 6.64. The van der Waals surface area contributed by atoms with Gasteiger partial charge in [-0.2, -0.15) is 0 Å². The number of primary amides is 1. The zero-order valence-corrected chi connectivity index (χ0v) is 12.2. The summed E-state index contributed by atoms with van der Waals surface area (Å²) >= 11 is 0. The average molecular weight is 328 g/mol. The summed E-state index contributed by atoms with van der Waals surface area (Å²) in [5.41, 5.74) is 4.80. The lowest BCUT2D eigenvalue weighted by Crippen LogP contribution is -2.30. The Morgan fingerprint density at radius 2 is 1.38 bits per heavy atom. The standard InChI is InChI=1S/C15H12N4O5/c16-13(20)9-5-1-2-6-10(9)17-14(21)15(22)18-11-7-3-4-8-12(11)19(23)24/h1-8H,(H2,16,20)(H,17,21)(H,18,22). The molecule has 2 aromatic carbocycles. The van der Waals surface area contributed by atoms with Crippen molar-refractivity contribution in [1.82, 2.24) is 0 Å². The third-order valence-electron chi connectivity index (χ3n) is 3.00. The highest BCUT2D eigenvalue weighted by molar-refractivity contribution is 6.44. The molecule has 2 rings (SSSR count). The van der Waals surface area contributed by atoms with E-state index < -0.39 is 22.6 Å². The molecule has 0 unspecified atom stereocenters. The number of benzene rings is 2. The number of nitro groups is 1. The molecular formula is C15H12N4O5. The highest BCUT2D eigenvalue weighted by Gasteiger charge is 2.20. The van der Waals surface area contributed by atoms with Crippen LogP contribution in [0.5, 0.6) is 0 Å². The van der Waals surface area contributed by atoms with Gasteiger partial charge in [-0.15, -0.1) is 0 Å². The molecule has 0 saturated carbocycles. The Bertz CT molecular complexity index is 765. The van der Waals surface area contributed by atoms with Crippen molar-refractivity contribution in [2.24, 2.45) is 5.73 Å². The van der Waals surface area contributed by atoms with E-state index in [1.807, 2.05) is 0 Å². The lowest BCUT2D eigenvalue weighted by Gasteiger charge is -2.09. The van der Waals surface area contributed by atoms with Gasteiger partial charge in [-0.25, -0.2) is 0 Å². The molecule has 3 amide bonds. The Morgan fingerprint density at radius 3 is 1.96 bits per heavy atom. The predicted octanol–water partition coefficient (Wildman–Crippen LogP) is 1.27. The topological polar surface area (TPSA) is 144 Å². The van der Waals surface area contributed by atoms with Crippen LogP contribution in [0.15, 0.2) is 48.5 Å². The monoisotopic (exact) mass is 328 g/mol. The lowest BCUT2D eigenvalue weighted by molar-refractivity contribution is -0.383. The van der Waals surface area contributed by atoms with Gasteiger partial charge in [0.25, 0.3) is 11.6 Å². The van der Waals surface area contributed by atoms with Crippen molar-refractivity contribution in [3.63, 3.8) is 0 Å². The number of hydrogen-bond acceptors (Lipinski definition) is 5. The Kier molecular flexibility index (Phi) is 4.85. The summed E-state index contributed by atoms with van der Waals surface area (Å²) < 4.78 is 0. The van der Waals surface area contributed by atoms with E-state index in [0.29, 0.717) is 0 Å². The Labute approximate surface area is 135 Å². The molecule has 0 bridgehead atoms. The van der Waals surface area contributed by atoms with Crippen LogP contribution in [0.2, 0.25) is 0 Å². The molecule has 0 fully saturated rings. The SMILES string of the molecule is NC(=O)c1ccccc1NC(=O)C(=O)Nc1ccccc1[N+](=O)[O-]. The maximum atomic E-state index is 11.9. The average Bonchev–Trinajstić information content (AvgIpc) is 2.55. The molecular weight excluding hydrogens is 316 g/mol. The number of rotatable bonds is 4. The van der Waals surface area contributed by atoms with E-state index >= 15 is 0 Å². The largest absolute Gasteiger partial charge is 0.366 e. The summed E-state index contributed by atoms with van der Waals surface area (Å²) in [7, 11) is 0. The van der Waals surface area contributed by atoms with Crippen LogP contribution < -0.4 is 16.4 Å². The lowest BCUT2D eigenvalue weighted by atomic mass is 10.1. The van der Waals surface area contributed by atoms with Crippen LogP contribution in [0.3, 0.4) is 0 Å². The summed E-state index contributed by atoms with van der Waals surface area (Å²) in [6.07, 6.45) is 0. The van der Waals surface area contributed by atoms with Crippen molar-refractivity contribution in [1.29, 1.82) is 0 Å². The smallest absolute Gasteiger partial charge is 0.314 e. The highest BCUT2D eigenvalue weighted by atomic mass is 16.6. The molecule has 0 radical (unpaired) electrons. The molecule has 2 aromatic rings. The first-order valence-electron chi connectivity index (χ1n) is 6.64. The molecule has 24 heavy (non-hydrogen) atoms. The summed E-state index contributed by atoms with van der Waals surface area (Å²) in [6.45, 7) is 0. The van der Waals surface area contributed by atoms with Gasteiger partial charge >= 0.3 is 11.8 Å². The molecule has 9 heteroatoms. The normalized spacial score (nSPS) is 9.83. The van der Waals surface area contributed by atoms with E-state index in [9.17, 15) is 24.5 Å². The second-order valence-corrected chi connectivity index (χ2v) is 4.59. The minimum Gasteiger partial charge on any atom is -0.366 e. The molecule has 0 aliphatic carbocycles. The molecule has 0 aromatic heterocycles. The number of carbonyl (C=O) groups is 3. The number of anilines is 2. The fraction of sp³-hybridized carbons (Fsp3) is 0. The van der Waals surface area contributed by atoms with Gasteiger partial charge in [-0.05, 0) is 18.2 Å². The first-order chi connectivity index (χ1) is 11.4. The number of amides is 3. The van der Waals surface area contributed by atoms with Crippen molar-refractivity contribution in [3.05, 3.63) is 64.2 Å². The summed E-state index contributed by atoms with van der Waals surface area (Å²) in [5.74, 6) is -2.99. The highest BCUT2D eigenvalue weighted by Crippen LogP contribution is 2.23. The number of carbonyl (C=O) groups excluding carboxylic acids is 3. The molecule has 0 aliphatic rings. The van der Waals surface area contributed by atoms with Crippen molar-refractivity contribution in [2.45, 2.75) is 0 Å².